The van der Waals surface area contributed by atoms with E-state index in [4.69, 9.17) is 11.0 Å². The highest BCUT2D eigenvalue weighted by molar-refractivity contribution is 5.96. The van der Waals surface area contributed by atoms with E-state index in [0.717, 1.165) is 0 Å². The van der Waals surface area contributed by atoms with Crippen LogP contribution in [0.3, 0.4) is 0 Å². The van der Waals surface area contributed by atoms with Gasteiger partial charge in [-0.05, 0) is 26.0 Å². The Hall–Kier alpha value is -2.62. The van der Waals surface area contributed by atoms with Gasteiger partial charge in [0.05, 0.1) is 17.4 Å². The molecule has 7 nitrogen and oxygen atoms in total. The molecule has 1 aromatic rings. The fourth-order valence-corrected chi connectivity index (χ4v) is 1.78. The van der Waals surface area contributed by atoms with Gasteiger partial charge in [-0.1, -0.05) is 0 Å². The minimum atomic E-state index is -0.598. The summed E-state index contributed by atoms with van der Waals surface area (Å²) >= 11 is 0. The lowest BCUT2D eigenvalue weighted by atomic mass is 10.1. The number of nitrogen functional groups attached to an aromatic ring is 1. The van der Waals surface area contributed by atoms with Crippen LogP contribution in [0.25, 0.3) is 0 Å². The number of nitro groups is 1. The maximum absolute atomic E-state index is 12.3. The van der Waals surface area contributed by atoms with E-state index in [1.165, 1.54) is 23.1 Å². The number of carbonyl (C=O) groups excluding carboxylic acids is 1. The average molecular weight is 276 g/mol. The van der Waals surface area contributed by atoms with Crippen molar-refractivity contribution >= 4 is 17.3 Å². The normalized spacial score (nSPS) is 10.1. The van der Waals surface area contributed by atoms with Gasteiger partial charge in [-0.2, -0.15) is 5.26 Å². The monoisotopic (exact) mass is 276 g/mol. The fourth-order valence-electron chi connectivity index (χ4n) is 1.78. The van der Waals surface area contributed by atoms with Crippen molar-refractivity contribution in [2.75, 3.05) is 12.3 Å². The van der Waals surface area contributed by atoms with E-state index >= 15 is 0 Å². The second-order valence-corrected chi connectivity index (χ2v) is 4.53. The average Bonchev–Trinajstić information content (AvgIpc) is 2.37. The Kier molecular flexibility index (Phi) is 5.03. The summed E-state index contributed by atoms with van der Waals surface area (Å²) < 4.78 is 0. The smallest absolute Gasteiger partial charge is 0.292 e. The molecule has 0 aromatic heterocycles. The van der Waals surface area contributed by atoms with Gasteiger partial charge in [0.2, 0.25) is 0 Å². The van der Waals surface area contributed by atoms with Crippen LogP contribution in [0.5, 0.6) is 0 Å². The van der Waals surface area contributed by atoms with Gasteiger partial charge in [-0.25, -0.2) is 0 Å². The van der Waals surface area contributed by atoms with Crippen LogP contribution in [0.4, 0.5) is 11.4 Å². The number of carbonyl (C=O) groups is 1. The lowest BCUT2D eigenvalue weighted by Crippen LogP contribution is -2.37. The molecule has 106 valence electrons. The number of nitro benzene ring substituents is 1. The second kappa shape index (κ2) is 6.52. The predicted molar refractivity (Wildman–Crippen MR) is 73.9 cm³/mol. The van der Waals surface area contributed by atoms with E-state index in [0.29, 0.717) is 6.54 Å². The number of hydrogen-bond donors (Lipinski definition) is 1. The number of hydrogen-bond acceptors (Lipinski definition) is 5. The number of benzene rings is 1. The molecule has 0 bridgehead atoms. The molecular weight excluding hydrogens is 260 g/mol. The minimum Gasteiger partial charge on any atom is -0.393 e. The first-order valence-corrected chi connectivity index (χ1v) is 6.10. The number of rotatable bonds is 5. The highest BCUT2D eigenvalue weighted by Gasteiger charge is 2.21. The van der Waals surface area contributed by atoms with E-state index in [2.05, 4.69) is 0 Å². The third-order valence-electron chi connectivity index (χ3n) is 2.82. The van der Waals surface area contributed by atoms with Crippen LogP contribution in [-0.4, -0.2) is 28.3 Å². The van der Waals surface area contributed by atoms with Gasteiger partial charge < -0.3 is 10.6 Å². The summed E-state index contributed by atoms with van der Waals surface area (Å²) in [6, 6.07) is 5.79. The molecule has 1 aromatic carbocycles. The first kappa shape index (κ1) is 15.4. The van der Waals surface area contributed by atoms with E-state index in [1.807, 2.05) is 19.9 Å². The molecule has 0 heterocycles. The molecular formula is C13H16N4O3. The molecule has 1 rings (SSSR count). The lowest BCUT2D eigenvalue weighted by Gasteiger charge is -2.26. The van der Waals surface area contributed by atoms with Crippen LogP contribution in [-0.2, 0) is 0 Å². The van der Waals surface area contributed by atoms with Gasteiger partial charge in [0.25, 0.3) is 11.6 Å². The lowest BCUT2D eigenvalue weighted by molar-refractivity contribution is -0.383. The predicted octanol–water partition coefficient (Wildman–Crippen LogP) is 1.94. The number of nitrogens with two attached hydrogens (primary N) is 1. The summed E-state index contributed by atoms with van der Waals surface area (Å²) in [5.41, 5.74) is 5.57. The van der Waals surface area contributed by atoms with Crippen molar-refractivity contribution in [1.82, 2.24) is 4.90 Å². The zero-order valence-electron chi connectivity index (χ0n) is 11.4. The van der Waals surface area contributed by atoms with Crippen molar-refractivity contribution in [3.05, 3.63) is 33.9 Å². The van der Waals surface area contributed by atoms with E-state index in [1.54, 1.807) is 0 Å². The maximum atomic E-state index is 12.3. The van der Waals surface area contributed by atoms with Crippen molar-refractivity contribution in [2.24, 2.45) is 0 Å². The van der Waals surface area contributed by atoms with Crippen LogP contribution in [0.1, 0.15) is 30.6 Å². The van der Waals surface area contributed by atoms with Crippen molar-refractivity contribution < 1.29 is 9.72 Å². The summed E-state index contributed by atoms with van der Waals surface area (Å²) in [7, 11) is 0. The summed E-state index contributed by atoms with van der Waals surface area (Å²) in [6.07, 6.45) is 0.229. The van der Waals surface area contributed by atoms with Gasteiger partial charge in [0.1, 0.15) is 5.69 Å². The Bertz CT molecular complexity index is 563. The Morgan fingerprint density at radius 2 is 2.20 bits per heavy atom. The van der Waals surface area contributed by atoms with Crippen LogP contribution in [0, 0.1) is 21.4 Å². The SMILES string of the molecule is CC(C)N(CCC#N)C(=O)c1ccc([N+](=O)[O-])c(N)c1. The van der Waals surface area contributed by atoms with E-state index in [9.17, 15) is 14.9 Å². The molecule has 0 saturated heterocycles. The van der Waals surface area contributed by atoms with Gasteiger partial charge in [-0.3, -0.25) is 14.9 Å². The molecule has 20 heavy (non-hydrogen) atoms. The van der Waals surface area contributed by atoms with Crippen LogP contribution in [0.2, 0.25) is 0 Å². The second-order valence-electron chi connectivity index (χ2n) is 4.53. The number of amides is 1. The summed E-state index contributed by atoms with van der Waals surface area (Å²) in [4.78, 5) is 23.9. The van der Waals surface area contributed by atoms with E-state index in [-0.39, 0.29) is 35.3 Å². The van der Waals surface area contributed by atoms with Crippen LogP contribution in [0.15, 0.2) is 18.2 Å². The molecule has 0 fully saturated rings. The maximum Gasteiger partial charge on any atom is 0.292 e. The first-order chi connectivity index (χ1) is 9.38. The Morgan fingerprint density at radius 3 is 2.65 bits per heavy atom. The Labute approximate surface area is 116 Å². The molecule has 0 radical (unpaired) electrons. The van der Waals surface area contributed by atoms with Crippen LogP contribution < -0.4 is 5.73 Å². The van der Waals surface area contributed by atoms with Crippen LogP contribution >= 0.6 is 0 Å². The zero-order chi connectivity index (χ0) is 15.3. The molecule has 0 spiro atoms. The Morgan fingerprint density at radius 1 is 1.55 bits per heavy atom. The van der Waals surface area contributed by atoms with Gasteiger partial charge in [-0.15, -0.1) is 0 Å². The number of nitrogens with zero attached hydrogens (tertiary/aromatic N) is 3. The third-order valence-corrected chi connectivity index (χ3v) is 2.82. The molecule has 0 aliphatic heterocycles. The zero-order valence-corrected chi connectivity index (χ0v) is 11.4. The number of nitriles is 1. The molecule has 7 heteroatoms. The summed E-state index contributed by atoms with van der Waals surface area (Å²) in [6.45, 7) is 3.98. The van der Waals surface area contributed by atoms with Crippen molar-refractivity contribution in [2.45, 2.75) is 26.3 Å². The molecule has 0 unspecified atom stereocenters. The van der Waals surface area contributed by atoms with Gasteiger partial charge >= 0.3 is 0 Å². The molecule has 2 N–H and O–H groups in total. The highest BCUT2D eigenvalue weighted by Crippen LogP contribution is 2.23. The Balaban J connectivity index is 3.04. The quantitative estimate of drug-likeness (QED) is 0.501. The van der Waals surface area contributed by atoms with Crippen molar-refractivity contribution in [3.8, 4) is 6.07 Å². The van der Waals surface area contributed by atoms with Gasteiger partial charge in [0, 0.05) is 24.2 Å². The molecule has 0 aliphatic carbocycles. The molecule has 0 saturated carbocycles. The van der Waals surface area contributed by atoms with Gasteiger partial charge in [0.15, 0.2) is 0 Å². The van der Waals surface area contributed by atoms with E-state index < -0.39 is 4.92 Å². The first-order valence-electron chi connectivity index (χ1n) is 6.10. The van der Waals surface area contributed by atoms with Crippen molar-refractivity contribution in [1.29, 1.82) is 5.26 Å². The fraction of sp³-hybridized carbons (Fsp3) is 0.385. The largest absolute Gasteiger partial charge is 0.393 e. The molecule has 1 amide bonds. The topological polar surface area (TPSA) is 113 Å². The summed E-state index contributed by atoms with van der Waals surface area (Å²) in [5.74, 6) is -0.295. The minimum absolute atomic E-state index is 0.0511. The standard InChI is InChI=1S/C13H16N4O3/c1-9(2)16(7-3-6-14)13(18)10-4-5-12(17(19)20)11(15)8-10/h4-5,8-9H,3,7,15H2,1-2H3. The summed E-state index contributed by atoms with van der Waals surface area (Å²) in [5, 5.41) is 19.3. The third kappa shape index (κ3) is 3.45. The van der Waals surface area contributed by atoms with Crippen molar-refractivity contribution in [3.63, 3.8) is 0 Å². The molecule has 0 aliphatic rings. The highest BCUT2D eigenvalue weighted by atomic mass is 16.6. The number of anilines is 1. The molecule has 0 atom stereocenters.